The fourth-order valence-corrected chi connectivity index (χ4v) is 7.41. The number of rotatable bonds is 15. The van der Waals surface area contributed by atoms with E-state index in [2.05, 4.69) is 38.1 Å². The Morgan fingerprint density at radius 2 is 1.66 bits per heavy atom. The highest BCUT2D eigenvalue weighted by atomic mass is 16.5. The Bertz CT molecular complexity index is 2430. The number of carbonyl (C=O) groups excluding carboxylic acids is 5. The first-order valence-corrected chi connectivity index (χ1v) is 19.7. The lowest BCUT2D eigenvalue weighted by Crippen LogP contribution is -2.44. The number of H-pyrrole nitrogens is 1. The molecule has 1 saturated heterocycles. The predicted octanol–water partition coefficient (Wildman–Crippen LogP) is 5.76. The second-order valence-corrected chi connectivity index (χ2v) is 14.8. The van der Waals surface area contributed by atoms with E-state index in [4.69, 9.17) is 9.47 Å². The van der Waals surface area contributed by atoms with Gasteiger partial charge in [0.15, 0.2) is 0 Å². The molecule has 5 aromatic rings. The van der Waals surface area contributed by atoms with Crippen LogP contribution in [0, 0.1) is 6.92 Å². The molecule has 3 heterocycles. The molecule has 0 spiro atoms. The maximum Gasteiger partial charge on any atom is 0.261 e. The van der Waals surface area contributed by atoms with Gasteiger partial charge in [-0.1, -0.05) is 24.3 Å². The van der Waals surface area contributed by atoms with Crippen LogP contribution < -0.4 is 19.7 Å². The summed E-state index contributed by atoms with van der Waals surface area (Å²) in [7, 11) is 5.22. The molecule has 4 amide bonds. The van der Waals surface area contributed by atoms with Crippen molar-refractivity contribution in [2.75, 3.05) is 70.8 Å². The number of imide groups is 1. The number of aryl methyl sites for hydroxylation is 1. The second-order valence-electron chi connectivity index (χ2n) is 14.8. The highest BCUT2D eigenvalue weighted by Crippen LogP contribution is 2.33. The monoisotopic (exact) mass is 797 g/mol. The van der Waals surface area contributed by atoms with Crippen LogP contribution in [0.1, 0.15) is 72.1 Å². The van der Waals surface area contributed by atoms with Crippen LogP contribution in [0.4, 0.5) is 11.4 Å². The summed E-state index contributed by atoms with van der Waals surface area (Å²) in [5.74, 6) is 2.09. The van der Waals surface area contributed by atoms with Gasteiger partial charge in [0.1, 0.15) is 28.8 Å². The summed E-state index contributed by atoms with van der Waals surface area (Å²) in [4.78, 5) is 79.9. The normalized spacial score (nSPS) is 14.0. The van der Waals surface area contributed by atoms with Crippen LogP contribution in [0.2, 0.25) is 0 Å². The number of ether oxygens (including phenoxy) is 2. The molecule has 1 fully saturated rings. The second kappa shape index (κ2) is 17.8. The molecule has 14 nitrogen and oxygen atoms in total. The highest BCUT2D eigenvalue weighted by molar-refractivity contribution is 6.21. The van der Waals surface area contributed by atoms with Gasteiger partial charge in [-0.15, -0.1) is 0 Å². The van der Waals surface area contributed by atoms with E-state index in [-0.39, 0.29) is 36.4 Å². The number of benzene rings is 4. The molecular formula is C45H47N7O7. The number of allylic oxidation sites excluding steroid dienone is 1. The lowest BCUT2D eigenvalue weighted by molar-refractivity contribution is 0.0655. The maximum absolute atomic E-state index is 13.9. The number of fused-ring (bicyclic) bond motifs is 2. The van der Waals surface area contributed by atoms with Crippen molar-refractivity contribution < 1.29 is 33.4 Å². The van der Waals surface area contributed by atoms with Crippen molar-refractivity contribution in [2.45, 2.75) is 32.6 Å². The Kier molecular flexibility index (Phi) is 12.2. The number of hydrogen-bond donors (Lipinski definition) is 2. The molecule has 14 heteroatoms. The number of nitrogens with zero attached hydrogens (tertiary/aromatic N) is 5. The van der Waals surface area contributed by atoms with Crippen LogP contribution in [0.15, 0.2) is 84.6 Å². The number of hydrogen-bond acceptors (Lipinski definition) is 10. The maximum atomic E-state index is 13.9. The number of nitrogens with one attached hydrogen (secondary N) is 2. The Morgan fingerprint density at radius 1 is 0.915 bits per heavy atom. The molecule has 0 aliphatic carbocycles. The largest absolute Gasteiger partial charge is 0.495 e. The zero-order valence-electron chi connectivity index (χ0n) is 33.7. The summed E-state index contributed by atoms with van der Waals surface area (Å²) in [6.07, 6.45) is 2.40. The summed E-state index contributed by atoms with van der Waals surface area (Å²) in [6.45, 7) is 5.99. The Morgan fingerprint density at radius 3 is 2.37 bits per heavy atom. The molecule has 7 rings (SSSR count). The van der Waals surface area contributed by atoms with Crippen LogP contribution in [0.5, 0.6) is 11.5 Å². The molecular weight excluding hydrogens is 751 g/mol. The number of para-hydroxylation sites is 1. The van der Waals surface area contributed by atoms with E-state index < -0.39 is 5.91 Å². The van der Waals surface area contributed by atoms with Crippen LogP contribution in [-0.2, 0) is 11.2 Å². The summed E-state index contributed by atoms with van der Waals surface area (Å²) >= 11 is 0. The van der Waals surface area contributed by atoms with Gasteiger partial charge in [-0.05, 0) is 93.4 Å². The third-order valence-electron chi connectivity index (χ3n) is 10.8. The number of piperazine rings is 1. The van der Waals surface area contributed by atoms with E-state index in [9.17, 15) is 24.0 Å². The highest BCUT2D eigenvalue weighted by Gasteiger charge is 2.35. The SMILES string of the molecule is COc1cc(C(=O)N(C)c2ccc(C)cc2OCCCCC(=C=O)N2CCN(C)CC2)ccc1NC(=O)c1cccc2[nH]c(CCN3C(=O)c4ccccc4C3=O)nc12. The number of anilines is 2. The lowest BCUT2D eigenvalue weighted by atomic mass is 10.1. The van der Waals surface area contributed by atoms with Gasteiger partial charge in [-0.3, -0.25) is 24.1 Å². The van der Waals surface area contributed by atoms with Gasteiger partial charge in [0.2, 0.25) is 0 Å². The topological polar surface area (TPSA) is 157 Å². The summed E-state index contributed by atoms with van der Waals surface area (Å²) in [5, 5.41) is 2.90. The third-order valence-corrected chi connectivity index (χ3v) is 10.8. The molecule has 0 unspecified atom stereocenters. The first-order valence-electron chi connectivity index (χ1n) is 19.7. The van der Waals surface area contributed by atoms with Crippen molar-refractivity contribution >= 4 is 52.0 Å². The summed E-state index contributed by atoms with van der Waals surface area (Å²) < 4.78 is 11.8. The molecule has 0 bridgehead atoms. The number of imidazole rings is 1. The first-order chi connectivity index (χ1) is 28.6. The van der Waals surface area contributed by atoms with E-state index in [1.54, 1.807) is 67.7 Å². The average molecular weight is 798 g/mol. The lowest BCUT2D eigenvalue weighted by Gasteiger charge is -2.34. The van der Waals surface area contributed by atoms with Crippen molar-refractivity contribution in [2.24, 2.45) is 0 Å². The molecule has 2 N–H and O–H groups in total. The van der Waals surface area contributed by atoms with Gasteiger partial charge in [0.25, 0.3) is 23.6 Å². The standard InChI is InChI=1S/C45H47N7O7/c1-29-15-18-37(39(26-29)59-25-8-7-10-31(28-53)51-23-21-49(2)22-24-51)50(3)43(55)30-16-17-35(38(27-30)58-4)47-42(54)34-13-9-14-36-41(34)48-40(46-36)19-20-52-44(56)32-11-5-6-12-33(32)45(52)57/h5-6,9,11-18,26-27H,7-8,10,19-25H2,1-4H3,(H,46,48)(H,47,54). The number of likely N-dealkylation sites (N-methyl/N-ethyl adjacent to an activating group) is 1. The van der Waals surface area contributed by atoms with Crippen LogP contribution >= 0.6 is 0 Å². The van der Waals surface area contributed by atoms with Crippen molar-refractivity contribution in [1.29, 1.82) is 0 Å². The Hall–Kier alpha value is -6.76. The molecule has 4 aromatic carbocycles. The van der Waals surface area contributed by atoms with Crippen LogP contribution in [-0.4, -0.2) is 115 Å². The van der Waals surface area contributed by atoms with Crippen molar-refractivity contribution in [3.63, 3.8) is 0 Å². The first kappa shape index (κ1) is 40.4. The number of aromatic nitrogens is 2. The quantitative estimate of drug-likeness (QED) is 0.0759. The Balaban J connectivity index is 0.978. The molecule has 59 heavy (non-hydrogen) atoms. The minimum absolute atomic E-state index is 0.128. The molecule has 0 atom stereocenters. The van der Waals surface area contributed by atoms with Crippen molar-refractivity contribution in [1.82, 2.24) is 24.7 Å². The predicted molar refractivity (Wildman–Crippen MR) is 224 cm³/mol. The number of methoxy groups -OCH3 is 1. The van der Waals surface area contributed by atoms with Gasteiger partial charge in [-0.25, -0.2) is 9.78 Å². The minimum Gasteiger partial charge on any atom is -0.495 e. The van der Waals surface area contributed by atoms with E-state index >= 15 is 0 Å². The zero-order valence-corrected chi connectivity index (χ0v) is 33.7. The number of unbranched alkanes of at least 4 members (excludes halogenated alkanes) is 1. The number of aromatic amines is 1. The minimum atomic E-state index is -0.442. The van der Waals surface area contributed by atoms with E-state index in [0.717, 1.165) is 44.6 Å². The molecule has 1 aromatic heterocycles. The zero-order chi connectivity index (χ0) is 41.6. The van der Waals surface area contributed by atoms with Gasteiger partial charge >= 0.3 is 0 Å². The fraction of sp³-hybridized carbons (Fsp3) is 0.311. The van der Waals surface area contributed by atoms with Crippen LogP contribution in [0.25, 0.3) is 11.0 Å². The van der Waals surface area contributed by atoms with E-state index in [1.807, 2.05) is 25.1 Å². The summed E-state index contributed by atoms with van der Waals surface area (Å²) in [5.41, 5.74) is 5.10. The van der Waals surface area contributed by atoms with Crippen LogP contribution in [0.3, 0.4) is 0 Å². The van der Waals surface area contributed by atoms with Crippen molar-refractivity contribution in [3.8, 4) is 11.5 Å². The van der Waals surface area contributed by atoms with Gasteiger partial charge in [-0.2, -0.15) is 0 Å². The number of amides is 4. The fourth-order valence-electron chi connectivity index (χ4n) is 7.41. The number of carbonyl (C=O) groups is 4. The Labute approximate surface area is 342 Å². The third kappa shape index (κ3) is 8.74. The molecule has 0 radical (unpaired) electrons. The summed E-state index contributed by atoms with van der Waals surface area (Å²) in [6, 6.07) is 22.4. The molecule has 304 valence electrons. The average Bonchev–Trinajstić information content (AvgIpc) is 3.78. The van der Waals surface area contributed by atoms with Gasteiger partial charge in [0.05, 0.1) is 53.0 Å². The smallest absolute Gasteiger partial charge is 0.261 e. The van der Waals surface area contributed by atoms with Gasteiger partial charge in [0, 0.05) is 51.8 Å². The van der Waals surface area contributed by atoms with E-state index in [1.165, 1.54) is 16.9 Å². The van der Waals surface area contributed by atoms with E-state index in [0.29, 0.717) is 75.0 Å². The molecule has 0 saturated carbocycles. The molecule has 2 aliphatic heterocycles. The molecule has 2 aliphatic rings. The van der Waals surface area contributed by atoms with Gasteiger partial charge < -0.3 is 34.5 Å². The van der Waals surface area contributed by atoms with Crippen molar-refractivity contribution in [3.05, 3.63) is 118 Å².